The van der Waals surface area contributed by atoms with Crippen molar-refractivity contribution in [2.24, 2.45) is 17.6 Å². The number of likely N-dealkylation sites (tertiary alicyclic amines) is 1. The van der Waals surface area contributed by atoms with Crippen molar-refractivity contribution in [1.29, 1.82) is 0 Å². The summed E-state index contributed by atoms with van der Waals surface area (Å²) in [4.78, 5) is 14.7. The Morgan fingerprint density at radius 3 is 2.52 bits per heavy atom. The van der Waals surface area contributed by atoms with Crippen molar-refractivity contribution in [2.45, 2.75) is 50.9 Å². The van der Waals surface area contributed by atoms with Gasteiger partial charge < -0.3 is 10.6 Å². The third-order valence-electron chi connectivity index (χ3n) is 5.82. The molecule has 0 unspecified atom stereocenters. The molecule has 2 fully saturated rings. The Morgan fingerprint density at radius 2 is 1.83 bits per heavy atom. The highest BCUT2D eigenvalue weighted by Gasteiger charge is 2.35. The maximum Gasteiger partial charge on any atom is 0.222 e. The summed E-state index contributed by atoms with van der Waals surface area (Å²) >= 11 is 0. The number of benzene rings is 1. The minimum absolute atomic E-state index is 0.340. The standard InChI is InChI=1S/C20H30N2O/c21-13-18-14-22(15-19(18)17-9-5-2-6-10-17)20(23)12-11-16-7-3-1-4-8-16/h2,5-6,9-10,16,18-19H,1,3-4,7-8,11-15,21H2/t18-,19+/m1/s1. The number of nitrogens with two attached hydrogens (primary N) is 1. The lowest BCUT2D eigenvalue weighted by Gasteiger charge is -2.23. The molecule has 1 aliphatic heterocycles. The minimum Gasteiger partial charge on any atom is -0.342 e. The maximum absolute atomic E-state index is 12.6. The van der Waals surface area contributed by atoms with Crippen LogP contribution in [0.1, 0.15) is 56.4 Å². The molecule has 2 N–H and O–H groups in total. The van der Waals surface area contributed by atoms with Gasteiger partial charge in [-0.3, -0.25) is 4.79 Å². The summed E-state index contributed by atoms with van der Waals surface area (Å²) in [5.41, 5.74) is 7.30. The highest BCUT2D eigenvalue weighted by atomic mass is 16.2. The van der Waals surface area contributed by atoms with Crippen LogP contribution in [0.15, 0.2) is 30.3 Å². The molecule has 2 atom stereocenters. The molecule has 2 aliphatic rings. The van der Waals surface area contributed by atoms with E-state index in [-0.39, 0.29) is 0 Å². The maximum atomic E-state index is 12.6. The van der Waals surface area contributed by atoms with E-state index in [1.165, 1.54) is 37.7 Å². The van der Waals surface area contributed by atoms with Gasteiger partial charge in [0.25, 0.3) is 0 Å². The van der Waals surface area contributed by atoms with Crippen LogP contribution in [0.4, 0.5) is 0 Å². The lowest BCUT2D eigenvalue weighted by molar-refractivity contribution is -0.130. The van der Waals surface area contributed by atoms with Crippen molar-refractivity contribution >= 4 is 5.91 Å². The molecule has 3 nitrogen and oxygen atoms in total. The van der Waals surface area contributed by atoms with Gasteiger partial charge in [0.1, 0.15) is 0 Å². The van der Waals surface area contributed by atoms with E-state index in [2.05, 4.69) is 29.2 Å². The van der Waals surface area contributed by atoms with Gasteiger partial charge in [0.05, 0.1) is 0 Å². The van der Waals surface area contributed by atoms with Crippen LogP contribution < -0.4 is 5.73 Å². The number of carbonyl (C=O) groups is 1. The number of amides is 1. The molecule has 0 radical (unpaired) electrons. The first-order valence-corrected chi connectivity index (χ1v) is 9.30. The molecule has 1 saturated heterocycles. The van der Waals surface area contributed by atoms with E-state index < -0.39 is 0 Å². The molecule has 3 rings (SSSR count). The number of nitrogens with zero attached hydrogens (tertiary/aromatic N) is 1. The van der Waals surface area contributed by atoms with Crippen LogP contribution in [0, 0.1) is 11.8 Å². The number of rotatable bonds is 5. The number of carbonyl (C=O) groups excluding carboxylic acids is 1. The summed E-state index contributed by atoms with van der Waals surface area (Å²) in [6.45, 7) is 2.33. The fraction of sp³-hybridized carbons (Fsp3) is 0.650. The van der Waals surface area contributed by atoms with Crippen LogP contribution in [0.3, 0.4) is 0 Å². The minimum atomic E-state index is 0.340. The normalized spacial score (nSPS) is 25.7. The third-order valence-corrected chi connectivity index (χ3v) is 5.82. The molecule has 1 aromatic rings. The third kappa shape index (κ3) is 4.14. The quantitative estimate of drug-likeness (QED) is 0.903. The monoisotopic (exact) mass is 314 g/mol. The first-order chi connectivity index (χ1) is 11.3. The van der Waals surface area contributed by atoms with E-state index in [0.29, 0.717) is 24.3 Å². The largest absolute Gasteiger partial charge is 0.342 e. The van der Waals surface area contributed by atoms with Crippen LogP contribution >= 0.6 is 0 Å². The zero-order valence-corrected chi connectivity index (χ0v) is 14.1. The molecule has 1 aromatic carbocycles. The SMILES string of the molecule is NC[C@@H]1CN(C(=O)CCC2CCCCC2)C[C@H]1c1ccccc1. The van der Waals surface area contributed by atoms with E-state index in [1.54, 1.807) is 0 Å². The van der Waals surface area contributed by atoms with E-state index in [9.17, 15) is 4.79 Å². The molecule has 0 spiro atoms. The molecular weight excluding hydrogens is 284 g/mol. The zero-order chi connectivity index (χ0) is 16.1. The second-order valence-corrected chi connectivity index (χ2v) is 7.35. The summed E-state index contributed by atoms with van der Waals surface area (Å²) in [6, 6.07) is 10.5. The molecule has 1 aliphatic carbocycles. The Balaban J connectivity index is 1.55. The molecule has 23 heavy (non-hydrogen) atoms. The van der Waals surface area contributed by atoms with Gasteiger partial charge in [-0.1, -0.05) is 62.4 Å². The molecule has 3 heteroatoms. The van der Waals surface area contributed by atoms with E-state index in [0.717, 1.165) is 31.8 Å². The van der Waals surface area contributed by atoms with Gasteiger partial charge in [-0.2, -0.15) is 0 Å². The summed E-state index contributed by atoms with van der Waals surface area (Å²) in [5.74, 6) is 1.92. The van der Waals surface area contributed by atoms with E-state index >= 15 is 0 Å². The van der Waals surface area contributed by atoms with Crippen molar-refractivity contribution in [1.82, 2.24) is 4.90 Å². The topological polar surface area (TPSA) is 46.3 Å². The molecule has 1 heterocycles. The first-order valence-electron chi connectivity index (χ1n) is 9.30. The van der Waals surface area contributed by atoms with Crippen LogP contribution in [-0.2, 0) is 4.79 Å². The smallest absolute Gasteiger partial charge is 0.222 e. The number of hydrogen-bond acceptors (Lipinski definition) is 2. The van der Waals surface area contributed by atoms with E-state index in [4.69, 9.17) is 5.73 Å². The summed E-state index contributed by atoms with van der Waals surface area (Å²) in [6.07, 6.45) is 8.55. The zero-order valence-electron chi connectivity index (χ0n) is 14.1. The summed E-state index contributed by atoms with van der Waals surface area (Å²) in [7, 11) is 0. The fourth-order valence-electron chi connectivity index (χ4n) is 4.35. The Morgan fingerprint density at radius 1 is 1.09 bits per heavy atom. The fourth-order valence-corrected chi connectivity index (χ4v) is 4.35. The van der Waals surface area contributed by atoms with Crippen molar-refractivity contribution in [3.8, 4) is 0 Å². The van der Waals surface area contributed by atoms with Crippen LogP contribution in [0.2, 0.25) is 0 Å². The van der Waals surface area contributed by atoms with Crippen molar-refractivity contribution in [3.63, 3.8) is 0 Å². The number of hydrogen-bond donors (Lipinski definition) is 1. The highest BCUT2D eigenvalue weighted by Crippen LogP contribution is 2.33. The predicted molar refractivity (Wildman–Crippen MR) is 94.1 cm³/mol. The Kier molecular flexibility index (Phi) is 5.71. The van der Waals surface area contributed by atoms with Crippen LogP contribution in [0.5, 0.6) is 0 Å². The molecule has 0 aromatic heterocycles. The van der Waals surface area contributed by atoms with Gasteiger partial charge in [-0.25, -0.2) is 0 Å². The first kappa shape index (κ1) is 16.5. The van der Waals surface area contributed by atoms with Crippen molar-refractivity contribution < 1.29 is 4.79 Å². The van der Waals surface area contributed by atoms with Gasteiger partial charge in [0.2, 0.25) is 5.91 Å². The van der Waals surface area contributed by atoms with Gasteiger partial charge in [0, 0.05) is 25.4 Å². The Hall–Kier alpha value is -1.35. The Bertz CT molecular complexity index is 496. The van der Waals surface area contributed by atoms with Gasteiger partial charge in [-0.15, -0.1) is 0 Å². The van der Waals surface area contributed by atoms with Gasteiger partial charge in [0.15, 0.2) is 0 Å². The average Bonchev–Trinajstić information content (AvgIpc) is 3.06. The van der Waals surface area contributed by atoms with Gasteiger partial charge in [-0.05, 0) is 30.4 Å². The molecule has 126 valence electrons. The van der Waals surface area contributed by atoms with Crippen molar-refractivity contribution in [2.75, 3.05) is 19.6 Å². The van der Waals surface area contributed by atoms with Gasteiger partial charge >= 0.3 is 0 Å². The average molecular weight is 314 g/mol. The Labute approximate surface area is 140 Å². The van der Waals surface area contributed by atoms with Crippen LogP contribution in [-0.4, -0.2) is 30.4 Å². The molecule has 1 amide bonds. The lowest BCUT2D eigenvalue weighted by Crippen LogP contribution is -2.30. The second kappa shape index (κ2) is 7.96. The van der Waals surface area contributed by atoms with Crippen LogP contribution in [0.25, 0.3) is 0 Å². The molecule has 1 saturated carbocycles. The molecule has 0 bridgehead atoms. The van der Waals surface area contributed by atoms with E-state index in [1.807, 2.05) is 6.07 Å². The lowest BCUT2D eigenvalue weighted by atomic mass is 9.86. The summed E-state index contributed by atoms with van der Waals surface area (Å²) < 4.78 is 0. The summed E-state index contributed by atoms with van der Waals surface area (Å²) in [5, 5.41) is 0. The van der Waals surface area contributed by atoms with Crippen molar-refractivity contribution in [3.05, 3.63) is 35.9 Å². The second-order valence-electron chi connectivity index (χ2n) is 7.35. The highest BCUT2D eigenvalue weighted by molar-refractivity contribution is 5.76. The predicted octanol–water partition coefficient (Wildman–Crippen LogP) is 3.55. The molecular formula is C20H30N2O.